The van der Waals surface area contributed by atoms with E-state index in [1.165, 1.54) is 50.0 Å². The highest BCUT2D eigenvalue weighted by Gasteiger charge is 2.23. The van der Waals surface area contributed by atoms with Crippen molar-refractivity contribution in [3.63, 3.8) is 0 Å². The third-order valence-electron chi connectivity index (χ3n) is 4.66. The maximum atomic E-state index is 3.75. The Hall–Kier alpha value is -0.860. The SMILES string of the molecule is CCCN1CCCC(C(C)NCc2ccccc2C)C1. The molecule has 0 spiro atoms. The van der Waals surface area contributed by atoms with Gasteiger partial charge in [-0.15, -0.1) is 0 Å². The molecule has 0 aromatic heterocycles. The Morgan fingerprint density at radius 3 is 2.90 bits per heavy atom. The van der Waals surface area contributed by atoms with E-state index in [1.807, 2.05) is 0 Å². The van der Waals surface area contributed by atoms with Gasteiger partial charge in [0.05, 0.1) is 0 Å². The largest absolute Gasteiger partial charge is 0.310 e. The number of hydrogen-bond acceptors (Lipinski definition) is 2. The lowest BCUT2D eigenvalue weighted by Crippen LogP contribution is -2.44. The van der Waals surface area contributed by atoms with Gasteiger partial charge in [0, 0.05) is 19.1 Å². The third kappa shape index (κ3) is 4.32. The molecule has 1 heterocycles. The number of nitrogens with one attached hydrogen (secondary N) is 1. The Balaban J connectivity index is 1.82. The molecule has 2 nitrogen and oxygen atoms in total. The summed E-state index contributed by atoms with van der Waals surface area (Å²) in [5.74, 6) is 0.805. The normalized spacial score (nSPS) is 21.9. The molecule has 1 saturated heterocycles. The molecule has 1 aromatic rings. The van der Waals surface area contributed by atoms with E-state index in [0.717, 1.165) is 12.5 Å². The highest BCUT2D eigenvalue weighted by atomic mass is 15.1. The van der Waals surface area contributed by atoms with Crippen molar-refractivity contribution >= 4 is 0 Å². The van der Waals surface area contributed by atoms with E-state index in [2.05, 4.69) is 55.3 Å². The molecule has 112 valence electrons. The molecular weight excluding hydrogens is 244 g/mol. The van der Waals surface area contributed by atoms with Gasteiger partial charge in [-0.3, -0.25) is 0 Å². The lowest BCUT2D eigenvalue weighted by atomic mass is 9.91. The summed E-state index contributed by atoms with van der Waals surface area (Å²) in [5, 5.41) is 3.75. The first-order valence-corrected chi connectivity index (χ1v) is 8.21. The minimum absolute atomic E-state index is 0.606. The van der Waals surface area contributed by atoms with Crippen LogP contribution in [0.2, 0.25) is 0 Å². The lowest BCUT2D eigenvalue weighted by molar-refractivity contribution is 0.150. The van der Waals surface area contributed by atoms with Gasteiger partial charge in [0.15, 0.2) is 0 Å². The Morgan fingerprint density at radius 1 is 1.35 bits per heavy atom. The highest BCUT2D eigenvalue weighted by Crippen LogP contribution is 2.20. The minimum Gasteiger partial charge on any atom is -0.310 e. The Morgan fingerprint density at radius 2 is 2.15 bits per heavy atom. The summed E-state index contributed by atoms with van der Waals surface area (Å²) in [5.41, 5.74) is 2.82. The number of rotatable bonds is 6. The van der Waals surface area contributed by atoms with Crippen molar-refractivity contribution in [1.82, 2.24) is 10.2 Å². The summed E-state index contributed by atoms with van der Waals surface area (Å²) in [6.07, 6.45) is 4.01. The van der Waals surface area contributed by atoms with Crippen molar-refractivity contribution in [2.45, 2.75) is 52.6 Å². The number of hydrogen-bond donors (Lipinski definition) is 1. The summed E-state index contributed by atoms with van der Waals surface area (Å²) >= 11 is 0. The van der Waals surface area contributed by atoms with Gasteiger partial charge in [-0.25, -0.2) is 0 Å². The first-order chi connectivity index (χ1) is 9.70. The second-order valence-electron chi connectivity index (χ2n) is 6.30. The van der Waals surface area contributed by atoms with E-state index < -0.39 is 0 Å². The second-order valence-corrected chi connectivity index (χ2v) is 6.30. The fraction of sp³-hybridized carbons (Fsp3) is 0.667. The van der Waals surface area contributed by atoms with Crippen LogP contribution in [0.1, 0.15) is 44.2 Å². The first kappa shape index (κ1) is 15.5. The molecule has 1 aromatic carbocycles. The summed E-state index contributed by atoms with van der Waals surface area (Å²) in [6.45, 7) is 11.7. The monoisotopic (exact) mass is 274 g/mol. The molecule has 1 aliphatic rings. The molecule has 1 aliphatic heterocycles. The van der Waals surface area contributed by atoms with E-state index in [-0.39, 0.29) is 0 Å². The van der Waals surface area contributed by atoms with Gasteiger partial charge in [-0.2, -0.15) is 0 Å². The maximum absolute atomic E-state index is 3.75. The Kier molecular flexibility index (Phi) is 6.06. The van der Waals surface area contributed by atoms with Gasteiger partial charge in [0.25, 0.3) is 0 Å². The lowest BCUT2D eigenvalue weighted by Gasteiger charge is -2.36. The molecule has 0 saturated carbocycles. The van der Waals surface area contributed by atoms with Crippen molar-refractivity contribution in [1.29, 1.82) is 0 Å². The standard InChI is InChI=1S/C18H30N2/c1-4-11-20-12-7-10-18(14-20)16(3)19-13-17-9-6-5-8-15(17)2/h5-6,8-9,16,18-19H,4,7,10-14H2,1-3H3. The molecule has 1 fully saturated rings. The van der Waals surface area contributed by atoms with Gasteiger partial charge in [0.1, 0.15) is 0 Å². The zero-order valence-corrected chi connectivity index (χ0v) is 13.4. The molecular formula is C18H30N2. The average Bonchev–Trinajstić information content (AvgIpc) is 2.47. The fourth-order valence-corrected chi connectivity index (χ4v) is 3.26. The molecule has 2 unspecified atom stereocenters. The van der Waals surface area contributed by atoms with E-state index in [4.69, 9.17) is 0 Å². The van der Waals surface area contributed by atoms with Crippen LogP contribution in [-0.4, -0.2) is 30.6 Å². The van der Waals surface area contributed by atoms with Gasteiger partial charge < -0.3 is 10.2 Å². The topological polar surface area (TPSA) is 15.3 Å². The van der Waals surface area contributed by atoms with Gasteiger partial charge in [-0.1, -0.05) is 31.2 Å². The number of piperidine rings is 1. The number of likely N-dealkylation sites (tertiary alicyclic amines) is 1. The van der Waals surface area contributed by atoms with Gasteiger partial charge >= 0.3 is 0 Å². The van der Waals surface area contributed by atoms with Crippen molar-refractivity contribution in [2.24, 2.45) is 5.92 Å². The van der Waals surface area contributed by atoms with Crippen LogP contribution in [0.15, 0.2) is 24.3 Å². The first-order valence-electron chi connectivity index (χ1n) is 8.21. The average molecular weight is 274 g/mol. The summed E-state index contributed by atoms with van der Waals surface area (Å²) in [6, 6.07) is 9.30. The van der Waals surface area contributed by atoms with Crippen LogP contribution in [0.3, 0.4) is 0 Å². The molecule has 0 radical (unpaired) electrons. The molecule has 2 heteroatoms. The molecule has 20 heavy (non-hydrogen) atoms. The van der Waals surface area contributed by atoms with E-state index in [1.54, 1.807) is 0 Å². The third-order valence-corrected chi connectivity index (χ3v) is 4.66. The smallest absolute Gasteiger partial charge is 0.0210 e. The van der Waals surface area contributed by atoms with E-state index in [9.17, 15) is 0 Å². The number of benzene rings is 1. The van der Waals surface area contributed by atoms with Crippen LogP contribution in [0.25, 0.3) is 0 Å². The van der Waals surface area contributed by atoms with Crippen molar-refractivity contribution < 1.29 is 0 Å². The summed E-state index contributed by atoms with van der Waals surface area (Å²) in [4.78, 5) is 2.64. The fourth-order valence-electron chi connectivity index (χ4n) is 3.26. The van der Waals surface area contributed by atoms with Crippen LogP contribution in [0, 0.1) is 12.8 Å². The van der Waals surface area contributed by atoms with Gasteiger partial charge in [0.2, 0.25) is 0 Å². The number of nitrogens with zero attached hydrogens (tertiary/aromatic N) is 1. The Labute approximate surface area is 124 Å². The molecule has 2 rings (SSSR count). The van der Waals surface area contributed by atoms with Crippen molar-refractivity contribution in [3.8, 4) is 0 Å². The molecule has 0 amide bonds. The molecule has 0 bridgehead atoms. The predicted molar refractivity (Wildman–Crippen MR) is 86.9 cm³/mol. The highest BCUT2D eigenvalue weighted by molar-refractivity contribution is 5.25. The van der Waals surface area contributed by atoms with Crippen LogP contribution in [0.5, 0.6) is 0 Å². The van der Waals surface area contributed by atoms with Crippen molar-refractivity contribution in [2.75, 3.05) is 19.6 Å². The van der Waals surface area contributed by atoms with Gasteiger partial charge in [-0.05, 0) is 63.2 Å². The van der Waals surface area contributed by atoms with E-state index in [0.29, 0.717) is 6.04 Å². The zero-order chi connectivity index (χ0) is 14.4. The summed E-state index contributed by atoms with van der Waals surface area (Å²) in [7, 11) is 0. The van der Waals surface area contributed by atoms with Crippen LogP contribution >= 0.6 is 0 Å². The molecule has 0 aliphatic carbocycles. The van der Waals surface area contributed by atoms with Crippen LogP contribution in [-0.2, 0) is 6.54 Å². The Bertz CT molecular complexity index is 400. The second kappa shape index (κ2) is 7.80. The van der Waals surface area contributed by atoms with Crippen LogP contribution < -0.4 is 5.32 Å². The quantitative estimate of drug-likeness (QED) is 0.853. The minimum atomic E-state index is 0.606. The molecule has 2 atom stereocenters. The van der Waals surface area contributed by atoms with Crippen molar-refractivity contribution in [3.05, 3.63) is 35.4 Å². The number of aryl methyl sites for hydroxylation is 1. The molecule has 1 N–H and O–H groups in total. The zero-order valence-electron chi connectivity index (χ0n) is 13.4. The summed E-state index contributed by atoms with van der Waals surface area (Å²) < 4.78 is 0. The van der Waals surface area contributed by atoms with E-state index >= 15 is 0 Å². The maximum Gasteiger partial charge on any atom is 0.0210 e. The predicted octanol–water partition coefficient (Wildman–Crippen LogP) is 3.60. The van der Waals surface area contributed by atoms with Crippen LogP contribution in [0.4, 0.5) is 0 Å².